The third-order valence-electron chi connectivity index (χ3n) is 3.75. The van der Waals surface area contributed by atoms with E-state index in [1.54, 1.807) is 12.1 Å². The van der Waals surface area contributed by atoms with Gasteiger partial charge < -0.3 is 25.1 Å². The largest absolute Gasteiger partial charge is 1.00 e. The molecule has 2 aromatic rings. The summed E-state index contributed by atoms with van der Waals surface area (Å²) >= 11 is 0. The molecule has 0 bridgehead atoms. The topological polar surface area (TPSA) is 113 Å². The standard InChI is InChI=1S/C19H20N2O5.2Na/c1-12(2)13-6-8-16(9-7-13)21(11-17(22)23)19(26)20-15-5-3-4-14(10-15)18(24)25;;/h3-10,12H,11H2,1-2H3,(H,20,26)(H,22,23)(H,24,25);;/q;2*+1/p-2. The van der Waals surface area contributed by atoms with E-state index in [-0.39, 0.29) is 70.4 Å². The first-order valence-corrected chi connectivity index (χ1v) is 7.97. The third-order valence-corrected chi connectivity index (χ3v) is 3.75. The molecule has 28 heavy (non-hydrogen) atoms. The second kappa shape index (κ2) is 12.3. The van der Waals surface area contributed by atoms with Gasteiger partial charge in [-0.2, -0.15) is 0 Å². The molecule has 7 nitrogen and oxygen atoms in total. The molecule has 0 spiro atoms. The molecule has 0 radical (unpaired) electrons. The summed E-state index contributed by atoms with van der Waals surface area (Å²) in [6.45, 7) is 3.39. The molecule has 0 saturated heterocycles. The van der Waals surface area contributed by atoms with Crippen LogP contribution in [-0.4, -0.2) is 24.5 Å². The number of nitrogens with one attached hydrogen (secondary N) is 1. The SMILES string of the molecule is CC(C)c1ccc(N(CC(=O)[O-])C(=O)Nc2cccc(C(=O)[O-])c2)cc1.[Na+].[Na+]. The first kappa shape index (κ1) is 26.6. The molecule has 1 N–H and O–H groups in total. The first-order chi connectivity index (χ1) is 12.3. The van der Waals surface area contributed by atoms with Crippen molar-refractivity contribution in [1.82, 2.24) is 0 Å². The summed E-state index contributed by atoms with van der Waals surface area (Å²) in [5.41, 5.74) is 1.53. The van der Waals surface area contributed by atoms with Crippen molar-refractivity contribution in [3.8, 4) is 0 Å². The number of rotatable bonds is 6. The van der Waals surface area contributed by atoms with Gasteiger partial charge in [0.05, 0.1) is 18.5 Å². The molecule has 136 valence electrons. The molecule has 0 saturated carbocycles. The molecule has 0 aliphatic rings. The van der Waals surface area contributed by atoms with E-state index in [1.807, 2.05) is 26.0 Å². The van der Waals surface area contributed by atoms with E-state index in [2.05, 4.69) is 5.32 Å². The fourth-order valence-corrected chi connectivity index (χ4v) is 2.36. The van der Waals surface area contributed by atoms with E-state index in [9.17, 15) is 24.6 Å². The van der Waals surface area contributed by atoms with Gasteiger partial charge in [-0.05, 0) is 41.3 Å². The van der Waals surface area contributed by atoms with Crippen LogP contribution < -0.4 is 79.5 Å². The first-order valence-electron chi connectivity index (χ1n) is 7.97. The van der Waals surface area contributed by atoms with Crippen LogP contribution in [-0.2, 0) is 4.79 Å². The van der Waals surface area contributed by atoms with Crippen molar-refractivity contribution in [1.29, 1.82) is 0 Å². The van der Waals surface area contributed by atoms with Crippen LogP contribution in [0.5, 0.6) is 0 Å². The van der Waals surface area contributed by atoms with Crippen molar-refractivity contribution < 1.29 is 83.7 Å². The van der Waals surface area contributed by atoms with Crippen molar-refractivity contribution in [2.45, 2.75) is 19.8 Å². The number of aromatic carboxylic acids is 1. The van der Waals surface area contributed by atoms with E-state index in [0.29, 0.717) is 11.6 Å². The number of anilines is 2. The maximum absolute atomic E-state index is 12.5. The Labute approximate surface area is 207 Å². The number of carbonyl (C=O) groups excluding carboxylic acids is 3. The number of aliphatic carboxylic acids is 1. The smallest absolute Gasteiger partial charge is 0.548 e. The minimum Gasteiger partial charge on any atom is -0.548 e. The van der Waals surface area contributed by atoms with Crippen molar-refractivity contribution >= 4 is 29.3 Å². The predicted octanol–water partition coefficient (Wildman–Crippen LogP) is -5.03. The van der Waals surface area contributed by atoms with Gasteiger partial charge in [0.15, 0.2) is 0 Å². The Morgan fingerprint density at radius 3 is 2.11 bits per heavy atom. The second-order valence-corrected chi connectivity index (χ2v) is 6.00. The zero-order valence-corrected chi connectivity index (χ0v) is 20.4. The summed E-state index contributed by atoms with van der Waals surface area (Å²) < 4.78 is 0. The van der Waals surface area contributed by atoms with Gasteiger partial charge in [-0.25, -0.2) is 4.79 Å². The van der Waals surface area contributed by atoms with E-state index >= 15 is 0 Å². The van der Waals surface area contributed by atoms with Crippen molar-refractivity contribution in [3.05, 3.63) is 59.7 Å². The number of benzene rings is 2. The molecule has 0 unspecified atom stereocenters. The fourth-order valence-electron chi connectivity index (χ4n) is 2.36. The van der Waals surface area contributed by atoms with Crippen LogP contribution in [0.25, 0.3) is 0 Å². The summed E-state index contributed by atoms with van der Waals surface area (Å²) in [4.78, 5) is 35.5. The summed E-state index contributed by atoms with van der Waals surface area (Å²) in [6.07, 6.45) is 0. The van der Waals surface area contributed by atoms with Gasteiger partial charge in [0.2, 0.25) is 0 Å². The minimum absolute atomic E-state index is 0. The Bertz CT molecular complexity index is 825. The maximum Gasteiger partial charge on any atom is 1.00 e. The van der Waals surface area contributed by atoms with E-state index in [4.69, 9.17) is 0 Å². The average molecular weight is 400 g/mol. The molecular weight excluding hydrogens is 382 g/mol. The van der Waals surface area contributed by atoms with Gasteiger partial charge in [-0.15, -0.1) is 0 Å². The van der Waals surface area contributed by atoms with Gasteiger partial charge in [-0.1, -0.05) is 38.1 Å². The molecular formula is C19H18N2Na2O5. The van der Waals surface area contributed by atoms with Gasteiger partial charge >= 0.3 is 65.1 Å². The Balaban J connectivity index is 0.00000364. The van der Waals surface area contributed by atoms with Crippen molar-refractivity contribution in [2.24, 2.45) is 0 Å². The number of urea groups is 1. The summed E-state index contributed by atoms with van der Waals surface area (Å²) in [7, 11) is 0. The van der Waals surface area contributed by atoms with Crippen molar-refractivity contribution in [3.63, 3.8) is 0 Å². The molecule has 0 fully saturated rings. The molecule has 0 heterocycles. The predicted molar refractivity (Wildman–Crippen MR) is 92.7 cm³/mol. The van der Waals surface area contributed by atoms with E-state index < -0.39 is 24.5 Å². The van der Waals surface area contributed by atoms with Crippen LogP contribution >= 0.6 is 0 Å². The van der Waals surface area contributed by atoms with Crippen molar-refractivity contribution in [2.75, 3.05) is 16.8 Å². The monoisotopic (exact) mass is 400 g/mol. The number of carboxylic acid groups (broad SMARTS) is 2. The Morgan fingerprint density at radius 1 is 1.00 bits per heavy atom. The van der Waals surface area contributed by atoms with Gasteiger partial charge in [0, 0.05) is 11.4 Å². The van der Waals surface area contributed by atoms with Gasteiger partial charge in [0.1, 0.15) is 0 Å². The van der Waals surface area contributed by atoms with Crippen LogP contribution in [0.15, 0.2) is 48.5 Å². The van der Waals surface area contributed by atoms with Crippen LogP contribution in [0.1, 0.15) is 35.7 Å². The van der Waals surface area contributed by atoms with E-state index in [0.717, 1.165) is 10.5 Å². The molecule has 9 heteroatoms. The molecule has 2 aromatic carbocycles. The van der Waals surface area contributed by atoms with Crippen LogP contribution in [0, 0.1) is 0 Å². The minimum atomic E-state index is -1.42. The number of hydrogen-bond acceptors (Lipinski definition) is 5. The summed E-state index contributed by atoms with van der Waals surface area (Å²) in [5, 5.41) is 24.4. The molecule has 2 rings (SSSR count). The third kappa shape index (κ3) is 7.58. The molecule has 2 amide bonds. The van der Waals surface area contributed by atoms with Crippen LogP contribution in [0.2, 0.25) is 0 Å². The average Bonchev–Trinajstić information content (AvgIpc) is 2.59. The van der Waals surface area contributed by atoms with Crippen LogP contribution in [0.3, 0.4) is 0 Å². The Kier molecular flexibility index (Phi) is 11.7. The molecule has 0 aromatic heterocycles. The molecule has 0 aliphatic carbocycles. The Morgan fingerprint density at radius 2 is 1.61 bits per heavy atom. The molecule has 0 aliphatic heterocycles. The number of amides is 2. The number of hydrogen-bond donors (Lipinski definition) is 1. The number of carboxylic acids is 2. The second-order valence-electron chi connectivity index (χ2n) is 6.00. The fraction of sp³-hybridized carbons (Fsp3) is 0.211. The number of nitrogens with zero attached hydrogens (tertiary/aromatic N) is 1. The van der Waals surface area contributed by atoms with Gasteiger partial charge in [0.25, 0.3) is 0 Å². The van der Waals surface area contributed by atoms with Crippen LogP contribution in [0.4, 0.5) is 16.2 Å². The summed E-state index contributed by atoms with van der Waals surface area (Å²) in [6, 6.07) is 11.7. The maximum atomic E-state index is 12.5. The van der Waals surface area contributed by atoms with E-state index in [1.165, 1.54) is 24.3 Å². The normalized spacial score (nSPS) is 9.68. The quantitative estimate of drug-likeness (QED) is 0.488. The number of carbonyl (C=O) groups is 3. The summed E-state index contributed by atoms with van der Waals surface area (Å²) in [5.74, 6) is -2.51. The zero-order valence-electron chi connectivity index (χ0n) is 16.4. The van der Waals surface area contributed by atoms with Gasteiger partial charge in [-0.3, -0.25) is 4.90 Å². The Hall–Kier alpha value is -1.35. The zero-order chi connectivity index (χ0) is 19.3. The molecule has 0 atom stereocenters.